The molecule has 7 nitrogen and oxygen atoms in total. The van der Waals surface area contributed by atoms with Gasteiger partial charge in [-0.3, -0.25) is 14.9 Å². The molecule has 2 heterocycles. The van der Waals surface area contributed by atoms with Gasteiger partial charge in [-0.2, -0.15) is 13.2 Å². The van der Waals surface area contributed by atoms with Gasteiger partial charge < -0.3 is 4.74 Å². The Kier molecular flexibility index (Phi) is 5.05. The van der Waals surface area contributed by atoms with Crippen LogP contribution in [-0.2, 0) is 6.18 Å². The maximum atomic E-state index is 12.9. The van der Waals surface area contributed by atoms with Crippen LogP contribution in [0.15, 0.2) is 71.5 Å². The highest BCUT2D eigenvalue weighted by Crippen LogP contribution is 2.37. The highest BCUT2D eigenvalue weighted by atomic mass is 32.1. The Morgan fingerprint density at radius 1 is 1.06 bits per heavy atom. The molecule has 0 bridgehead atoms. The van der Waals surface area contributed by atoms with Crippen molar-refractivity contribution < 1.29 is 22.8 Å². The van der Waals surface area contributed by atoms with Gasteiger partial charge in [0.05, 0.1) is 26.1 Å². The first-order chi connectivity index (χ1) is 16.2. The van der Waals surface area contributed by atoms with E-state index in [2.05, 4.69) is 4.98 Å². The van der Waals surface area contributed by atoms with Gasteiger partial charge in [-0.1, -0.05) is 35.6 Å². The van der Waals surface area contributed by atoms with Crippen molar-refractivity contribution in [3.05, 3.63) is 103 Å². The van der Waals surface area contributed by atoms with Crippen LogP contribution in [0.5, 0.6) is 11.5 Å². The van der Waals surface area contributed by atoms with E-state index in [0.717, 1.165) is 23.2 Å². The second-order valence-electron chi connectivity index (χ2n) is 7.24. The molecule has 0 amide bonds. The monoisotopic (exact) mass is 483 g/mol. The Bertz CT molecular complexity index is 1670. The number of thiazole rings is 1. The average Bonchev–Trinajstić information content (AvgIpc) is 3.30. The van der Waals surface area contributed by atoms with E-state index in [9.17, 15) is 28.1 Å². The van der Waals surface area contributed by atoms with Crippen molar-refractivity contribution in [2.24, 2.45) is 0 Å². The molecule has 5 rings (SSSR count). The Balaban J connectivity index is 1.45. The zero-order valence-electron chi connectivity index (χ0n) is 16.9. The van der Waals surface area contributed by atoms with Crippen molar-refractivity contribution in [2.75, 3.05) is 0 Å². The van der Waals surface area contributed by atoms with Crippen molar-refractivity contribution in [2.45, 2.75) is 6.18 Å². The third-order valence-electron chi connectivity index (χ3n) is 5.03. The fraction of sp³-hybridized carbons (Fsp3) is 0.0435. The lowest BCUT2D eigenvalue weighted by Crippen LogP contribution is -2.22. The lowest BCUT2D eigenvalue weighted by molar-refractivity contribution is -0.385. The van der Waals surface area contributed by atoms with Crippen molar-refractivity contribution in [1.82, 2.24) is 9.38 Å². The quantitative estimate of drug-likeness (QED) is 0.260. The van der Waals surface area contributed by atoms with Crippen molar-refractivity contribution in [3.63, 3.8) is 0 Å². The van der Waals surface area contributed by atoms with Gasteiger partial charge in [-0.25, -0.2) is 9.38 Å². The van der Waals surface area contributed by atoms with E-state index in [4.69, 9.17) is 4.74 Å². The topological polar surface area (TPSA) is 86.7 Å². The number of nitro benzene ring substituents is 1. The normalized spacial score (nSPS) is 12.5. The van der Waals surface area contributed by atoms with Gasteiger partial charge in [0.25, 0.3) is 5.56 Å². The summed E-state index contributed by atoms with van der Waals surface area (Å²) in [7, 11) is 0. The van der Waals surface area contributed by atoms with E-state index in [0.29, 0.717) is 21.1 Å². The molecule has 3 aromatic carbocycles. The summed E-state index contributed by atoms with van der Waals surface area (Å²) in [6.07, 6.45) is -3.03. The molecule has 5 aromatic rings. The zero-order chi connectivity index (χ0) is 24.0. The summed E-state index contributed by atoms with van der Waals surface area (Å²) in [5.41, 5.74) is -0.0123. The van der Waals surface area contributed by atoms with Crippen LogP contribution in [-0.4, -0.2) is 14.3 Å². The molecular weight excluding hydrogens is 471 g/mol. The highest BCUT2D eigenvalue weighted by Gasteiger charge is 2.33. The number of nitrogens with zero attached hydrogens (tertiary/aromatic N) is 3. The van der Waals surface area contributed by atoms with Crippen molar-refractivity contribution in [1.29, 1.82) is 0 Å². The van der Waals surface area contributed by atoms with Gasteiger partial charge in [0.15, 0.2) is 4.96 Å². The number of nitro groups is 1. The standard InChI is InChI=1S/C23H12F3N3O4S/c24-23(25,26)14-7-10-19(18(12-14)29(31)32)33-15-8-5-13(6-9-15)11-20-21(30)28-17-4-2-1-3-16(17)27-22(28)34-20/h1-12H/b20-11+. The minimum atomic E-state index is -4.71. The van der Waals surface area contributed by atoms with Crippen LogP contribution < -0.4 is 14.8 Å². The number of halogens is 3. The highest BCUT2D eigenvalue weighted by molar-refractivity contribution is 7.15. The summed E-state index contributed by atoms with van der Waals surface area (Å²) in [4.78, 5) is 28.2. The summed E-state index contributed by atoms with van der Waals surface area (Å²) >= 11 is 1.25. The van der Waals surface area contributed by atoms with Gasteiger partial charge in [-0.05, 0) is 48.0 Å². The van der Waals surface area contributed by atoms with E-state index < -0.39 is 22.4 Å². The Morgan fingerprint density at radius 2 is 1.79 bits per heavy atom. The Labute approximate surface area is 192 Å². The number of fused-ring (bicyclic) bond motifs is 3. The lowest BCUT2D eigenvalue weighted by atomic mass is 10.1. The SMILES string of the molecule is O=c1/c(=C\c2ccc(Oc3ccc(C(F)(F)F)cc3[N+](=O)[O-])cc2)sc2nc3ccccc3n12. The van der Waals surface area contributed by atoms with E-state index >= 15 is 0 Å². The molecule has 0 aliphatic heterocycles. The van der Waals surface area contributed by atoms with Crippen molar-refractivity contribution >= 4 is 39.1 Å². The maximum absolute atomic E-state index is 12.9. The molecule has 0 unspecified atom stereocenters. The second-order valence-corrected chi connectivity index (χ2v) is 8.25. The van der Waals surface area contributed by atoms with Crippen LogP contribution >= 0.6 is 11.3 Å². The third-order valence-corrected chi connectivity index (χ3v) is 6.00. The average molecular weight is 483 g/mol. The molecule has 0 radical (unpaired) electrons. The van der Waals surface area contributed by atoms with Crippen LogP contribution in [0, 0.1) is 10.1 Å². The summed E-state index contributed by atoms with van der Waals surface area (Å²) in [6.45, 7) is 0. The Morgan fingerprint density at radius 3 is 2.50 bits per heavy atom. The number of para-hydroxylation sites is 2. The molecule has 0 aliphatic carbocycles. The maximum Gasteiger partial charge on any atom is 0.416 e. The summed E-state index contributed by atoms with van der Waals surface area (Å²) in [5, 5.41) is 11.2. The third kappa shape index (κ3) is 3.86. The lowest BCUT2D eigenvalue weighted by Gasteiger charge is -2.10. The molecular formula is C23H12F3N3O4S. The number of aromatic nitrogens is 2. The predicted molar refractivity (Wildman–Crippen MR) is 120 cm³/mol. The number of hydrogen-bond donors (Lipinski definition) is 0. The fourth-order valence-electron chi connectivity index (χ4n) is 3.45. The largest absolute Gasteiger partial charge is 0.450 e. The van der Waals surface area contributed by atoms with E-state index in [1.807, 2.05) is 24.3 Å². The molecule has 0 atom stereocenters. The van der Waals surface area contributed by atoms with Gasteiger partial charge >= 0.3 is 11.9 Å². The van der Waals surface area contributed by atoms with E-state index in [-0.39, 0.29) is 17.1 Å². The van der Waals surface area contributed by atoms with Gasteiger partial charge in [0, 0.05) is 6.07 Å². The molecule has 11 heteroatoms. The van der Waals surface area contributed by atoms with Crippen LogP contribution in [0.25, 0.3) is 22.1 Å². The van der Waals surface area contributed by atoms with Crippen molar-refractivity contribution in [3.8, 4) is 11.5 Å². The first kappa shape index (κ1) is 21.6. The minimum Gasteiger partial charge on any atom is -0.450 e. The summed E-state index contributed by atoms with van der Waals surface area (Å²) in [5.74, 6) is -0.128. The second kappa shape index (κ2) is 7.96. The molecule has 0 saturated carbocycles. The van der Waals surface area contributed by atoms with Crippen LogP contribution in [0.1, 0.15) is 11.1 Å². The molecule has 0 spiro atoms. The number of imidazole rings is 1. The van der Waals surface area contributed by atoms with E-state index in [1.54, 1.807) is 22.6 Å². The number of alkyl halides is 3. The van der Waals surface area contributed by atoms with Crippen LogP contribution in [0.2, 0.25) is 0 Å². The number of benzene rings is 3. The molecule has 170 valence electrons. The van der Waals surface area contributed by atoms with Gasteiger partial charge in [0.2, 0.25) is 5.75 Å². The summed E-state index contributed by atoms with van der Waals surface area (Å²) < 4.78 is 46.1. The van der Waals surface area contributed by atoms with Crippen LogP contribution in [0.3, 0.4) is 0 Å². The minimum absolute atomic E-state index is 0.189. The molecule has 0 fully saturated rings. The molecule has 0 aliphatic rings. The summed E-state index contributed by atoms with van der Waals surface area (Å²) in [6, 6.07) is 15.7. The Hall–Kier alpha value is -4.25. The number of rotatable bonds is 4. The van der Waals surface area contributed by atoms with Gasteiger partial charge in [0.1, 0.15) is 5.75 Å². The molecule has 2 aromatic heterocycles. The molecule has 0 saturated heterocycles. The molecule has 34 heavy (non-hydrogen) atoms. The molecule has 0 N–H and O–H groups in total. The number of hydrogen-bond acceptors (Lipinski definition) is 6. The first-order valence-electron chi connectivity index (χ1n) is 9.76. The zero-order valence-corrected chi connectivity index (χ0v) is 17.8. The first-order valence-corrected chi connectivity index (χ1v) is 10.6. The van der Waals surface area contributed by atoms with Crippen LogP contribution in [0.4, 0.5) is 18.9 Å². The van der Waals surface area contributed by atoms with E-state index in [1.165, 1.54) is 23.5 Å². The van der Waals surface area contributed by atoms with Gasteiger partial charge in [-0.15, -0.1) is 0 Å². The smallest absolute Gasteiger partial charge is 0.416 e. The number of ether oxygens (including phenoxy) is 1. The fourth-order valence-corrected chi connectivity index (χ4v) is 4.43. The predicted octanol–water partition coefficient (Wildman–Crippen LogP) is 5.18.